The molecule has 0 atom stereocenters. The van der Waals surface area contributed by atoms with Gasteiger partial charge in [0.15, 0.2) is 0 Å². The molecule has 1 amide bonds. The summed E-state index contributed by atoms with van der Waals surface area (Å²) < 4.78 is 11.9. The van der Waals surface area contributed by atoms with Crippen LogP contribution in [0.5, 0.6) is 11.5 Å². The molecule has 0 aliphatic carbocycles. The highest BCUT2D eigenvalue weighted by atomic mass is 79.9. The van der Waals surface area contributed by atoms with Crippen LogP contribution in [0.2, 0.25) is 0 Å². The first kappa shape index (κ1) is 19.1. The summed E-state index contributed by atoms with van der Waals surface area (Å²) in [5.41, 5.74) is 2.62. The molecule has 3 rings (SSSR count). The Hall–Kier alpha value is -2.70. The van der Waals surface area contributed by atoms with Gasteiger partial charge >= 0.3 is 0 Å². The second-order valence-corrected chi connectivity index (χ2v) is 6.82. The minimum absolute atomic E-state index is 0.218. The summed E-state index contributed by atoms with van der Waals surface area (Å²) in [5.74, 6) is 1.14. The van der Waals surface area contributed by atoms with E-state index in [1.165, 1.54) is 0 Å². The Morgan fingerprint density at radius 2 is 1.85 bits per heavy atom. The Kier molecular flexibility index (Phi) is 6.21. The van der Waals surface area contributed by atoms with Crippen molar-refractivity contribution < 1.29 is 14.3 Å². The normalized spacial score (nSPS) is 10.5. The Labute approximate surface area is 166 Å². The Balaban J connectivity index is 1.72. The summed E-state index contributed by atoms with van der Waals surface area (Å²) in [6, 6.07) is 18.4. The Bertz CT molecular complexity index is 942. The number of carbonyl (C=O) groups excluding carboxylic acids is 1. The summed E-state index contributed by atoms with van der Waals surface area (Å²) in [6.45, 7) is 2.22. The van der Waals surface area contributed by atoms with Crippen LogP contribution >= 0.6 is 15.9 Å². The first-order valence-corrected chi connectivity index (χ1v) is 9.15. The Morgan fingerprint density at radius 1 is 1.07 bits per heavy atom. The van der Waals surface area contributed by atoms with E-state index in [0.29, 0.717) is 29.3 Å². The predicted molar refractivity (Wildman–Crippen MR) is 108 cm³/mol. The van der Waals surface area contributed by atoms with Crippen molar-refractivity contribution in [1.29, 1.82) is 0 Å². The number of benzene rings is 2. The van der Waals surface area contributed by atoms with Crippen molar-refractivity contribution >= 4 is 27.5 Å². The largest absolute Gasteiger partial charge is 0.457 e. The molecular formula is C21H19BrN2O3. The highest BCUT2D eigenvalue weighted by Crippen LogP contribution is 2.25. The maximum atomic E-state index is 12.6. The first-order chi connectivity index (χ1) is 13.0. The number of ether oxygens (including phenoxy) is 2. The zero-order chi connectivity index (χ0) is 19.2. The average Bonchev–Trinajstić information content (AvgIpc) is 2.64. The smallest absolute Gasteiger partial charge is 0.257 e. The molecule has 0 radical (unpaired) electrons. The zero-order valence-corrected chi connectivity index (χ0v) is 16.6. The van der Waals surface area contributed by atoms with Crippen molar-refractivity contribution in [2.45, 2.75) is 13.5 Å². The third-order valence-electron chi connectivity index (χ3n) is 3.82. The van der Waals surface area contributed by atoms with Gasteiger partial charge in [0.05, 0.1) is 23.6 Å². The molecule has 27 heavy (non-hydrogen) atoms. The third kappa shape index (κ3) is 5.15. The number of aromatic nitrogens is 1. The summed E-state index contributed by atoms with van der Waals surface area (Å²) in [6.07, 6.45) is 0. The summed E-state index contributed by atoms with van der Waals surface area (Å²) in [5, 5.41) is 2.89. The summed E-state index contributed by atoms with van der Waals surface area (Å²) >= 11 is 3.40. The predicted octanol–water partition coefficient (Wildman–Crippen LogP) is 5.34. The third-order valence-corrected chi connectivity index (χ3v) is 4.35. The summed E-state index contributed by atoms with van der Waals surface area (Å²) in [4.78, 5) is 17.0. The molecule has 0 fully saturated rings. The Morgan fingerprint density at radius 3 is 2.56 bits per heavy atom. The molecule has 0 spiro atoms. The molecule has 0 unspecified atom stereocenters. The lowest BCUT2D eigenvalue weighted by Gasteiger charge is -2.11. The van der Waals surface area contributed by atoms with E-state index < -0.39 is 0 Å². The molecule has 6 heteroatoms. The highest BCUT2D eigenvalue weighted by Gasteiger charge is 2.11. The fourth-order valence-electron chi connectivity index (χ4n) is 2.56. The van der Waals surface area contributed by atoms with Crippen LogP contribution in [-0.2, 0) is 11.3 Å². The molecule has 2 aromatic carbocycles. The minimum atomic E-state index is -0.218. The van der Waals surface area contributed by atoms with Gasteiger partial charge in [-0.05, 0) is 55.5 Å². The van der Waals surface area contributed by atoms with Crippen molar-refractivity contribution in [3.63, 3.8) is 0 Å². The topological polar surface area (TPSA) is 60.5 Å². The number of halogens is 1. The lowest BCUT2D eigenvalue weighted by atomic mass is 10.1. The van der Waals surface area contributed by atoms with Gasteiger partial charge in [0.1, 0.15) is 11.5 Å². The van der Waals surface area contributed by atoms with Gasteiger partial charge in [-0.1, -0.05) is 22.0 Å². The van der Waals surface area contributed by atoms with E-state index >= 15 is 0 Å². The van der Waals surface area contributed by atoms with Gasteiger partial charge in [0, 0.05) is 23.3 Å². The van der Waals surface area contributed by atoms with Crippen LogP contribution in [0.4, 0.5) is 5.69 Å². The van der Waals surface area contributed by atoms with Crippen LogP contribution in [0.15, 0.2) is 65.1 Å². The molecule has 138 valence electrons. The molecule has 5 nitrogen and oxygen atoms in total. The number of methoxy groups -OCH3 is 1. The van der Waals surface area contributed by atoms with Crippen molar-refractivity contribution in [2.75, 3.05) is 12.4 Å². The van der Waals surface area contributed by atoms with E-state index in [1.807, 2.05) is 42.5 Å². The first-order valence-electron chi connectivity index (χ1n) is 8.35. The average molecular weight is 427 g/mol. The van der Waals surface area contributed by atoms with E-state index in [9.17, 15) is 4.79 Å². The standard InChI is InChI=1S/C21H19BrN2O3/c1-14-20(11-8-17(23-14)13-26-2)21(25)24-16-4-3-5-19(12-16)27-18-9-6-15(22)7-10-18/h3-12H,13H2,1-2H3,(H,24,25). The lowest BCUT2D eigenvalue weighted by Crippen LogP contribution is -2.14. The van der Waals surface area contributed by atoms with Gasteiger partial charge in [0.25, 0.3) is 5.91 Å². The van der Waals surface area contributed by atoms with Crippen LogP contribution in [0, 0.1) is 6.92 Å². The minimum Gasteiger partial charge on any atom is -0.457 e. The van der Waals surface area contributed by atoms with Gasteiger partial charge < -0.3 is 14.8 Å². The van der Waals surface area contributed by atoms with Crippen molar-refractivity contribution in [1.82, 2.24) is 4.98 Å². The van der Waals surface area contributed by atoms with Crippen LogP contribution in [0.3, 0.4) is 0 Å². The number of carbonyl (C=O) groups is 1. The van der Waals surface area contributed by atoms with Gasteiger partial charge in [0.2, 0.25) is 0 Å². The lowest BCUT2D eigenvalue weighted by molar-refractivity contribution is 0.102. The molecule has 1 N–H and O–H groups in total. The van der Waals surface area contributed by atoms with Crippen molar-refractivity contribution in [3.05, 3.63) is 82.1 Å². The van der Waals surface area contributed by atoms with Crippen LogP contribution in [0.25, 0.3) is 0 Å². The maximum absolute atomic E-state index is 12.6. The number of rotatable bonds is 6. The van der Waals surface area contributed by atoms with E-state index in [4.69, 9.17) is 9.47 Å². The number of hydrogen-bond donors (Lipinski definition) is 1. The van der Waals surface area contributed by atoms with Gasteiger partial charge in [-0.2, -0.15) is 0 Å². The number of pyridine rings is 1. The number of hydrogen-bond acceptors (Lipinski definition) is 4. The van der Waals surface area contributed by atoms with Gasteiger partial charge in [-0.3, -0.25) is 9.78 Å². The van der Waals surface area contributed by atoms with E-state index in [-0.39, 0.29) is 5.91 Å². The second kappa shape index (κ2) is 8.79. The monoisotopic (exact) mass is 426 g/mol. The molecule has 0 aliphatic heterocycles. The van der Waals surface area contributed by atoms with Crippen molar-refractivity contribution in [2.24, 2.45) is 0 Å². The second-order valence-electron chi connectivity index (χ2n) is 5.91. The number of nitrogens with one attached hydrogen (secondary N) is 1. The molecule has 0 bridgehead atoms. The fourth-order valence-corrected chi connectivity index (χ4v) is 2.82. The number of nitrogens with zero attached hydrogens (tertiary/aromatic N) is 1. The molecule has 0 saturated carbocycles. The number of anilines is 1. The number of aryl methyl sites for hydroxylation is 1. The van der Waals surface area contributed by atoms with Gasteiger partial charge in [-0.25, -0.2) is 0 Å². The van der Waals surface area contributed by atoms with Crippen LogP contribution in [0.1, 0.15) is 21.7 Å². The molecule has 3 aromatic rings. The quantitative estimate of drug-likeness (QED) is 0.577. The zero-order valence-electron chi connectivity index (χ0n) is 15.0. The molecule has 1 aromatic heterocycles. The number of amides is 1. The molecular weight excluding hydrogens is 408 g/mol. The maximum Gasteiger partial charge on any atom is 0.257 e. The molecule has 0 aliphatic rings. The van der Waals surface area contributed by atoms with E-state index in [2.05, 4.69) is 26.2 Å². The van der Waals surface area contributed by atoms with Gasteiger partial charge in [-0.15, -0.1) is 0 Å². The SMILES string of the molecule is COCc1ccc(C(=O)Nc2cccc(Oc3ccc(Br)cc3)c2)c(C)n1. The summed E-state index contributed by atoms with van der Waals surface area (Å²) in [7, 11) is 1.61. The molecule has 1 heterocycles. The highest BCUT2D eigenvalue weighted by molar-refractivity contribution is 9.10. The van der Waals surface area contributed by atoms with Crippen LogP contribution < -0.4 is 10.1 Å². The van der Waals surface area contributed by atoms with Crippen LogP contribution in [-0.4, -0.2) is 18.0 Å². The van der Waals surface area contributed by atoms with Crippen molar-refractivity contribution in [3.8, 4) is 11.5 Å². The fraction of sp³-hybridized carbons (Fsp3) is 0.143. The van der Waals surface area contributed by atoms with E-state index in [1.54, 1.807) is 32.2 Å². The molecule has 0 saturated heterocycles. The van der Waals surface area contributed by atoms with E-state index in [0.717, 1.165) is 15.9 Å².